The van der Waals surface area contributed by atoms with Crippen molar-refractivity contribution < 1.29 is 4.79 Å². The number of rotatable bonds is 4. The van der Waals surface area contributed by atoms with E-state index in [1.165, 1.54) is 0 Å². The highest BCUT2D eigenvalue weighted by Gasteiger charge is 2.40. The smallest absolute Gasteiger partial charge is 0.227 e. The standard InChI is InChI=1S/C18H23N5O/c1-21-9-8-20-17(21)13-22-10-14-5-6-16(12-22)23(18(14)24)11-15-4-2-3-7-19-15/h2-4,7-9,14,16H,5-6,10-13H2,1H3/t14-,16+/m0/s1. The lowest BCUT2D eigenvalue weighted by molar-refractivity contribution is -0.140. The number of imidazole rings is 1. The predicted octanol–water partition coefficient (Wildman–Crippen LogP) is 1.44. The summed E-state index contributed by atoms with van der Waals surface area (Å²) in [4.78, 5) is 26.1. The summed E-state index contributed by atoms with van der Waals surface area (Å²) in [6.07, 6.45) is 7.68. The van der Waals surface area contributed by atoms with Gasteiger partial charge >= 0.3 is 0 Å². The molecule has 2 aromatic heterocycles. The Hall–Kier alpha value is -2.21. The van der Waals surface area contributed by atoms with Crippen molar-refractivity contribution in [3.05, 3.63) is 48.3 Å². The van der Waals surface area contributed by atoms with E-state index >= 15 is 0 Å². The number of fused-ring (bicyclic) bond motifs is 4. The lowest BCUT2D eigenvalue weighted by atomic mass is 9.94. The molecular formula is C18H23N5O. The highest BCUT2D eigenvalue weighted by atomic mass is 16.2. The molecule has 1 amide bonds. The second-order valence-electron chi connectivity index (χ2n) is 6.86. The van der Waals surface area contributed by atoms with Crippen LogP contribution in [0.1, 0.15) is 24.4 Å². The van der Waals surface area contributed by atoms with Gasteiger partial charge in [-0.2, -0.15) is 0 Å². The average Bonchev–Trinajstić information content (AvgIpc) is 2.81. The molecule has 3 fully saturated rings. The molecule has 3 aliphatic rings. The minimum Gasteiger partial charge on any atom is -0.337 e. The van der Waals surface area contributed by atoms with Crippen molar-refractivity contribution in [2.24, 2.45) is 13.0 Å². The molecule has 0 saturated carbocycles. The maximum atomic E-state index is 12.9. The van der Waals surface area contributed by atoms with Gasteiger partial charge in [0.25, 0.3) is 0 Å². The third-order valence-electron chi connectivity index (χ3n) is 5.21. The molecule has 2 bridgehead atoms. The first-order valence-corrected chi connectivity index (χ1v) is 8.59. The number of carbonyl (C=O) groups is 1. The van der Waals surface area contributed by atoms with Gasteiger partial charge in [-0.15, -0.1) is 0 Å². The number of aromatic nitrogens is 3. The number of carbonyl (C=O) groups excluding carboxylic acids is 1. The van der Waals surface area contributed by atoms with Crippen LogP contribution < -0.4 is 0 Å². The fraction of sp³-hybridized carbons (Fsp3) is 0.500. The lowest BCUT2D eigenvalue weighted by Crippen LogP contribution is -2.47. The number of hydrogen-bond donors (Lipinski definition) is 0. The van der Waals surface area contributed by atoms with E-state index in [2.05, 4.69) is 24.3 Å². The van der Waals surface area contributed by atoms with Crippen molar-refractivity contribution >= 4 is 5.91 Å². The summed E-state index contributed by atoms with van der Waals surface area (Å²) in [7, 11) is 2.02. The molecular weight excluding hydrogens is 302 g/mol. The van der Waals surface area contributed by atoms with Gasteiger partial charge in [-0.25, -0.2) is 4.98 Å². The van der Waals surface area contributed by atoms with Gasteiger partial charge < -0.3 is 9.47 Å². The first-order chi connectivity index (χ1) is 11.7. The minimum atomic E-state index is 0.104. The summed E-state index contributed by atoms with van der Waals surface area (Å²) in [6, 6.07) is 6.17. The molecule has 0 aliphatic carbocycles. The van der Waals surface area contributed by atoms with Gasteiger partial charge in [0.15, 0.2) is 0 Å². The quantitative estimate of drug-likeness (QED) is 0.853. The molecule has 0 unspecified atom stereocenters. The predicted molar refractivity (Wildman–Crippen MR) is 89.8 cm³/mol. The van der Waals surface area contributed by atoms with Crippen LogP contribution in [0, 0.1) is 5.92 Å². The van der Waals surface area contributed by atoms with Crippen LogP contribution >= 0.6 is 0 Å². The molecule has 0 N–H and O–H groups in total. The normalized spacial score (nSPS) is 24.4. The molecule has 2 atom stereocenters. The van der Waals surface area contributed by atoms with Crippen LogP contribution in [0.15, 0.2) is 36.8 Å². The van der Waals surface area contributed by atoms with E-state index in [0.29, 0.717) is 12.5 Å². The fourth-order valence-corrected chi connectivity index (χ4v) is 3.88. The largest absolute Gasteiger partial charge is 0.337 e. The molecule has 2 aromatic rings. The van der Waals surface area contributed by atoms with Crippen molar-refractivity contribution in [2.45, 2.75) is 32.0 Å². The number of pyridine rings is 1. The maximum Gasteiger partial charge on any atom is 0.227 e. The molecule has 24 heavy (non-hydrogen) atoms. The molecule has 5 heterocycles. The van der Waals surface area contributed by atoms with Crippen LogP contribution in [0.3, 0.4) is 0 Å². The Kier molecular flexibility index (Phi) is 4.06. The zero-order chi connectivity index (χ0) is 16.5. The van der Waals surface area contributed by atoms with Crippen LogP contribution in [0.25, 0.3) is 0 Å². The van der Waals surface area contributed by atoms with Crippen molar-refractivity contribution in [1.82, 2.24) is 24.3 Å². The summed E-state index contributed by atoms with van der Waals surface area (Å²) < 4.78 is 2.06. The highest BCUT2D eigenvalue weighted by Crippen LogP contribution is 2.30. The topological polar surface area (TPSA) is 54.3 Å². The van der Waals surface area contributed by atoms with Crippen LogP contribution in [-0.2, 0) is 24.9 Å². The van der Waals surface area contributed by atoms with Crippen LogP contribution in [0.2, 0.25) is 0 Å². The fourth-order valence-electron chi connectivity index (χ4n) is 3.88. The Balaban J connectivity index is 1.51. The van der Waals surface area contributed by atoms with Crippen molar-refractivity contribution in [1.29, 1.82) is 0 Å². The molecule has 0 aromatic carbocycles. The number of piperidine rings is 1. The van der Waals surface area contributed by atoms with E-state index in [0.717, 1.165) is 44.0 Å². The van der Waals surface area contributed by atoms with Crippen molar-refractivity contribution in [3.8, 4) is 0 Å². The summed E-state index contributed by atoms with van der Waals surface area (Å²) in [6.45, 7) is 3.18. The number of hydrogen-bond acceptors (Lipinski definition) is 4. The van der Waals surface area contributed by atoms with Crippen LogP contribution in [0.4, 0.5) is 0 Å². The van der Waals surface area contributed by atoms with Gasteiger partial charge in [-0.05, 0) is 25.0 Å². The molecule has 3 aliphatic heterocycles. The number of amides is 1. The van der Waals surface area contributed by atoms with Crippen LogP contribution in [0.5, 0.6) is 0 Å². The van der Waals surface area contributed by atoms with E-state index in [-0.39, 0.29) is 12.0 Å². The third-order valence-corrected chi connectivity index (χ3v) is 5.21. The average molecular weight is 325 g/mol. The monoisotopic (exact) mass is 325 g/mol. The molecule has 5 rings (SSSR count). The van der Waals surface area contributed by atoms with Gasteiger partial charge in [0.2, 0.25) is 5.91 Å². The van der Waals surface area contributed by atoms with E-state index < -0.39 is 0 Å². The van der Waals surface area contributed by atoms with E-state index in [9.17, 15) is 4.79 Å². The van der Waals surface area contributed by atoms with Gasteiger partial charge in [0.05, 0.1) is 24.7 Å². The lowest BCUT2D eigenvalue weighted by Gasteiger charge is -2.35. The maximum absolute atomic E-state index is 12.9. The second-order valence-corrected chi connectivity index (χ2v) is 6.86. The Morgan fingerprint density at radius 1 is 1.12 bits per heavy atom. The van der Waals surface area contributed by atoms with Gasteiger partial charge in [-0.3, -0.25) is 14.7 Å². The van der Waals surface area contributed by atoms with Crippen molar-refractivity contribution in [3.63, 3.8) is 0 Å². The van der Waals surface area contributed by atoms with Crippen LogP contribution in [-0.4, -0.2) is 49.4 Å². The second kappa shape index (κ2) is 6.36. The summed E-state index contributed by atoms with van der Waals surface area (Å²) in [5.74, 6) is 1.45. The Bertz CT molecular complexity index is 713. The molecule has 6 heteroatoms. The molecule has 0 radical (unpaired) electrons. The first-order valence-electron chi connectivity index (χ1n) is 8.59. The van der Waals surface area contributed by atoms with Gasteiger partial charge in [0.1, 0.15) is 5.82 Å². The Morgan fingerprint density at radius 2 is 2.04 bits per heavy atom. The Labute approximate surface area is 142 Å². The van der Waals surface area contributed by atoms with E-state index in [1.807, 2.05) is 37.6 Å². The van der Waals surface area contributed by atoms with Gasteiger partial charge in [0, 0.05) is 44.8 Å². The van der Waals surface area contributed by atoms with E-state index in [1.54, 1.807) is 6.20 Å². The summed E-state index contributed by atoms with van der Waals surface area (Å²) >= 11 is 0. The van der Waals surface area contributed by atoms with Crippen molar-refractivity contribution in [2.75, 3.05) is 13.1 Å². The van der Waals surface area contributed by atoms with Gasteiger partial charge in [-0.1, -0.05) is 6.07 Å². The summed E-state index contributed by atoms with van der Waals surface area (Å²) in [5.41, 5.74) is 0.967. The summed E-state index contributed by atoms with van der Waals surface area (Å²) in [5, 5.41) is 0. The first kappa shape index (κ1) is 15.3. The zero-order valence-electron chi connectivity index (χ0n) is 14.0. The molecule has 0 spiro atoms. The molecule has 3 saturated heterocycles. The molecule has 6 nitrogen and oxygen atoms in total. The SMILES string of the molecule is Cn1ccnc1CN1C[C@@H]2CC[C@H](C1)N(Cc1ccccn1)C2=O. The highest BCUT2D eigenvalue weighted by molar-refractivity contribution is 5.80. The molecule has 126 valence electrons. The zero-order valence-corrected chi connectivity index (χ0v) is 14.0. The number of nitrogens with zero attached hydrogens (tertiary/aromatic N) is 5. The minimum absolute atomic E-state index is 0.104. The third kappa shape index (κ3) is 2.94. The Morgan fingerprint density at radius 3 is 2.79 bits per heavy atom. The number of aryl methyl sites for hydroxylation is 1. The van der Waals surface area contributed by atoms with E-state index in [4.69, 9.17) is 0 Å².